The molecule has 5 nitrogen and oxygen atoms in total. The van der Waals surface area contributed by atoms with Crippen molar-refractivity contribution in [2.24, 2.45) is 0 Å². The van der Waals surface area contributed by atoms with Gasteiger partial charge in [-0.3, -0.25) is 0 Å². The van der Waals surface area contributed by atoms with Gasteiger partial charge in [-0.15, -0.1) is 11.3 Å². The molecule has 1 unspecified atom stereocenters. The summed E-state index contributed by atoms with van der Waals surface area (Å²) >= 11 is 1.66. The van der Waals surface area contributed by atoms with Crippen LogP contribution >= 0.6 is 11.3 Å². The quantitative estimate of drug-likeness (QED) is 0.891. The van der Waals surface area contributed by atoms with Gasteiger partial charge in [-0.25, -0.2) is 15.0 Å². The van der Waals surface area contributed by atoms with E-state index in [9.17, 15) is 0 Å². The SMILES string of the molecule is CNC(Cc1cc(OC)ncn1)c1csc(C)n1. The molecule has 2 aromatic rings. The maximum atomic E-state index is 5.09. The van der Waals surface area contributed by atoms with E-state index in [0.29, 0.717) is 5.88 Å². The smallest absolute Gasteiger partial charge is 0.216 e. The van der Waals surface area contributed by atoms with Gasteiger partial charge in [-0.2, -0.15) is 0 Å². The van der Waals surface area contributed by atoms with E-state index in [4.69, 9.17) is 4.74 Å². The van der Waals surface area contributed by atoms with Gasteiger partial charge < -0.3 is 10.1 Å². The minimum Gasteiger partial charge on any atom is -0.481 e. The molecular weight excluding hydrogens is 248 g/mol. The van der Waals surface area contributed by atoms with E-state index in [1.165, 1.54) is 6.33 Å². The van der Waals surface area contributed by atoms with E-state index < -0.39 is 0 Å². The molecule has 0 aliphatic carbocycles. The predicted molar refractivity (Wildman–Crippen MR) is 70.9 cm³/mol. The van der Waals surface area contributed by atoms with Crippen molar-refractivity contribution < 1.29 is 4.74 Å². The topological polar surface area (TPSA) is 59.9 Å². The molecule has 2 rings (SSSR count). The van der Waals surface area contributed by atoms with E-state index in [1.54, 1.807) is 18.4 Å². The molecule has 0 radical (unpaired) electrons. The van der Waals surface area contributed by atoms with Crippen molar-refractivity contribution >= 4 is 11.3 Å². The van der Waals surface area contributed by atoms with Crippen molar-refractivity contribution in [1.82, 2.24) is 20.3 Å². The Balaban J connectivity index is 2.14. The first kappa shape index (κ1) is 12.9. The Kier molecular flexibility index (Phi) is 4.22. The van der Waals surface area contributed by atoms with Gasteiger partial charge in [0.2, 0.25) is 5.88 Å². The van der Waals surface area contributed by atoms with Gasteiger partial charge >= 0.3 is 0 Å². The highest BCUT2D eigenvalue weighted by molar-refractivity contribution is 7.09. The molecule has 0 amide bonds. The Morgan fingerprint density at radius 2 is 2.28 bits per heavy atom. The summed E-state index contributed by atoms with van der Waals surface area (Å²) in [5.74, 6) is 0.587. The second-order valence-corrected chi connectivity index (χ2v) is 4.95. The predicted octanol–water partition coefficient (Wildman–Crippen LogP) is 1.75. The van der Waals surface area contributed by atoms with Crippen molar-refractivity contribution in [3.05, 3.63) is 34.2 Å². The Morgan fingerprint density at radius 3 is 2.89 bits per heavy atom. The van der Waals surface area contributed by atoms with Crippen LogP contribution in [-0.4, -0.2) is 29.1 Å². The second kappa shape index (κ2) is 5.88. The zero-order valence-corrected chi connectivity index (χ0v) is 11.5. The van der Waals surface area contributed by atoms with E-state index in [1.807, 2.05) is 20.0 Å². The zero-order valence-electron chi connectivity index (χ0n) is 10.7. The molecule has 0 aliphatic rings. The third-order valence-corrected chi connectivity index (χ3v) is 3.46. The first-order valence-corrected chi connectivity index (χ1v) is 6.55. The van der Waals surface area contributed by atoms with Crippen molar-refractivity contribution in [2.45, 2.75) is 19.4 Å². The third-order valence-electron chi connectivity index (χ3n) is 2.66. The molecule has 0 saturated carbocycles. The number of nitrogens with one attached hydrogen (secondary N) is 1. The van der Waals surface area contributed by atoms with Crippen molar-refractivity contribution in [1.29, 1.82) is 0 Å². The molecule has 96 valence electrons. The third kappa shape index (κ3) is 3.02. The number of hydrogen-bond donors (Lipinski definition) is 1. The number of hydrogen-bond acceptors (Lipinski definition) is 6. The van der Waals surface area contributed by atoms with Crippen LogP contribution in [0, 0.1) is 6.92 Å². The minimum absolute atomic E-state index is 0.162. The van der Waals surface area contributed by atoms with Crippen LogP contribution in [0.25, 0.3) is 0 Å². The summed E-state index contributed by atoms with van der Waals surface area (Å²) in [5, 5.41) is 6.41. The van der Waals surface area contributed by atoms with Crippen LogP contribution in [0.3, 0.4) is 0 Å². The first-order valence-electron chi connectivity index (χ1n) is 5.67. The number of aryl methyl sites for hydroxylation is 1. The van der Waals surface area contributed by atoms with Gasteiger partial charge in [0.15, 0.2) is 0 Å². The summed E-state index contributed by atoms with van der Waals surface area (Å²) in [5.41, 5.74) is 1.99. The molecule has 2 heterocycles. The molecular formula is C12H16N4OS. The lowest BCUT2D eigenvalue weighted by atomic mass is 10.1. The molecule has 0 aliphatic heterocycles. The van der Waals surface area contributed by atoms with Gasteiger partial charge in [0.25, 0.3) is 0 Å². The van der Waals surface area contributed by atoms with Crippen LogP contribution in [0.2, 0.25) is 0 Å². The van der Waals surface area contributed by atoms with Crippen LogP contribution in [0.15, 0.2) is 17.8 Å². The van der Waals surface area contributed by atoms with E-state index in [-0.39, 0.29) is 6.04 Å². The summed E-state index contributed by atoms with van der Waals surface area (Å²) in [7, 11) is 3.53. The fourth-order valence-corrected chi connectivity index (χ4v) is 2.37. The molecule has 1 N–H and O–H groups in total. The highest BCUT2D eigenvalue weighted by atomic mass is 32.1. The largest absolute Gasteiger partial charge is 0.481 e. The van der Waals surface area contributed by atoms with Crippen LogP contribution in [0.5, 0.6) is 5.88 Å². The number of ether oxygens (including phenoxy) is 1. The number of nitrogens with zero attached hydrogens (tertiary/aromatic N) is 3. The molecule has 1 atom stereocenters. The molecule has 6 heteroatoms. The summed E-state index contributed by atoms with van der Waals surface area (Å²) in [6.07, 6.45) is 2.28. The lowest BCUT2D eigenvalue weighted by molar-refractivity contribution is 0.395. The van der Waals surface area contributed by atoms with E-state index in [0.717, 1.165) is 22.8 Å². The first-order chi connectivity index (χ1) is 8.72. The van der Waals surface area contributed by atoms with Gasteiger partial charge in [0.05, 0.1) is 23.9 Å². The molecule has 0 fully saturated rings. The standard InChI is InChI=1S/C12H16N4OS/c1-8-16-11(6-18-8)10(13-2)4-9-5-12(17-3)15-7-14-9/h5-7,10,13H,4H2,1-3H3. The molecule has 0 spiro atoms. The Bertz CT molecular complexity index is 514. The Hall–Kier alpha value is -1.53. The number of likely N-dealkylation sites (N-methyl/N-ethyl adjacent to an activating group) is 1. The summed E-state index contributed by atoms with van der Waals surface area (Å²) in [6, 6.07) is 2.01. The van der Waals surface area contributed by atoms with Crippen LogP contribution in [0.1, 0.15) is 22.4 Å². The molecule has 2 aromatic heterocycles. The normalized spacial score (nSPS) is 12.4. The monoisotopic (exact) mass is 264 g/mol. The van der Waals surface area contributed by atoms with Crippen LogP contribution in [0.4, 0.5) is 0 Å². The number of rotatable bonds is 5. The number of methoxy groups -OCH3 is 1. The number of aromatic nitrogens is 3. The van der Waals surface area contributed by atoms with Crippen LogP contribution < -0.4 is 10.1 Å². The average molecular weight is 264 g/mol. The van der Waals surface area contributed by atoms with E-state index >= 15 is 0 Å². The van der Waals surface area contributed by atoms with Crippen molar-refractivity contribution in [3.8, 4) is 5.88 Å². The molecule has 0 aromatic carbocycles. The van der Waals surface area contributed by atoms with Gasteiger partial charge in [0.1, 0.15) is 6.33 Å². The lowest BCUT2D eigenvalue weighted by Crippen LogP contribution is -2.19. The van der Waals surface area contributed by atoms with Crippen molar-refractivity contribution in [3.63, 3.8) is 0 Å². The second-order valence-electron chi connectivity index (χ2n) is 3.89. The molecule has 18 heavy (non-hydrogen) atoms. The van der Waals surface area contributed by atoms with Gasteiger partial charge in [0, 0.05) is 23.6 Å². The van der Waals surface area contributed by atoms with Crippen LogP contribution in [-0.2, 0) is 6.42 Å². The summed E-state index contributed by atoms with van der Waals surface area (Å²) in [4.78, 5) is 12.8. The fraction of sp³-hybridized carbons (Fsp3) is 0.417. The summed E-state index contributed by atoms with van der Waals surface area (Å²) in [6.45, 7) is 2.01. The average Bonchev–Trinajstić information content (AvgIpc) is 2.82. The maximum Gasteiger partial charge on any atom is 0.216 e. The minimum atomic E-state index is 0.162. The Morgan fingerprint density at radius 1 is 1.44 bits per heavy atom. The highest BCUT2D eigenvalue weighted by Gasteiger charge is 2.14. The van der Waals surface area contributed by atoms with Crippen molar-refractivity contribution in [2.75, 3.05) is 14.2 Å². The molecule has 0 bridgehead atoms. The zero-order chi connectivity index (χ0) is 13.0. The molecule has 0 saturated heterocycles. The Labute approximate surface area is 110 Å². The van der Waals surface area contributed by atoms with E-state index in [2.05, 4.69) is 25.6 Å². The number of thiazole rings is 1. The highest BCUT2D eigenvalue weighted by Crippen LogP contribution is 2.20. The van der Waals surface area contributed by atoms with Gasteiger partial charge in [-0.05, 0) is 14.0 Å². The van der Waals surface area contributed by atoms with Gasteiger partial charge in [-0.1, -0.05) is 0 Å². The summed E-state index contributed by atoms with van der Waals surface area (Å²) < 4.78 is 5.09. The fourth-order valence-electron chi connectivity index (χ4n) is 1.70. The lowest BCUT2D eigenvalue weighted by Gasteiger charge is -2.13. The maximum absolute atomic E-state index is 5.09.